The molecule has 0 amide bonds. The normalized spacial score (nSPS) is 25.5. The molecule has 1 aromatic rings. The minimum absolute atomic E-state index is 0.382. The van der Waals surface area contributed by atoms with E-state index in [4.69, 9.17) is 16.3 Å². The average Bonchev–Trinajstić information content (AvgIpc) is 3.14. The largest absolute Gasteiger partial charge is 0.379 e. The number of guanidine groups is 1. The van der Waals surface area contributed by atoms with Crippen LogP contribution in [0, 0.1) is 0 Å². The van der Waals surface area contributed by atoms with Crippen molar-refractivity contribution in [2.24, 2.45) is 4.99 Å². The fraction of sp³-hybridized carbons (Fsp3) is 0.650. The van der Waals surface area contributed by atoms with E-state index in [9.17, 15) is 0 Å². The van der Waals surface area contributed by atoms with Crippen LogP contribution in [0.2, 0.25) is 5.02 Å². The lowest BCUT2D eigenvalue weighted by molar-refractivity contribution is -0.0174. The smallest absolute Gasteiger partial charge is 0.191 e. The summed E-state index contributed by atoms with van der Waals surface area (Å²) in [6.45, 7) is 9.97. The maximum atomic E-state index is 6.13. The lowest BCUT2D eigenvalue weighted by Crippen LogP contribution is -2.53. The van der Waals surface area contributed by atoms with Crippen molar-refractivity contribution in [3.8, 4) is 0 Å². The predicted molar refractivity (Wildman–Crippen MR) is 113 cm³/mol. The van der Waals surface area contributed by atoms with E-state index in [0.717, 1.165) is 56.8 Å². The van der Waals surface area contributed by atoms with Gasteiger partial charge in [0.05, 0.1) is 13.2 Å². The van der Waals surface area contributed by atoms with E-state index in [2.05, 4.69) is 45.3 Å². The Labute approximate surface area is 167 Å². The number of nitrogens with one attached hydrogen (secondary N) is 2. The lowest BCUT2D eigenvalue weighted by Gasteiger charge is -2.38. The molecular formula is C20H32ClN5O. The molecule has 0 spiro atoms. The fourth-order valence-electron chi connectivity index (χ4n) is 3.93. The number of aliphatic imine (C=N–C) groups is 1. The second kappa shape index (κ2) is 9.62. The molecule has 3 rings (SSSR count). The number of hydrogen-bond acceptors (Lipinski definition) is 4. The number of benzene rings is 1. The summed E-state index contributed by atoms with van der Waals surface area (Å²) in [7, 11) is 1.83. The third-order valence-corrected chi connectivity index (χ3v) is 5.71. The van der Waals surface area contributed by atoms with Crippen molar-refractivity contribution in [1.82, 2.24) is 15.5 Å². The maximum Gasteiger partial charge on any atom is 0.191 e. The molecule has 2 aliphatic rings. The Morgan fingerprint density at radius 1 is 1.41 bits per heavy atom. The van der Waals surface area contributed by atoms with Gasteiger partial charge in [-0.1, -0.05) is 17.7 Å². The molecule has 150 valence electrons. The highest BCUT2D eigenvalue weighted by Gasteiger charge is 2.25. The Balaban J connectivity index is 1.46. The van der Waals surface area contributed by atoms with Crippen LogP contribution < -0.4 is 15.5 Å². The predicted octanol–water partition coefficient (Wildman–Crippen LogP) is 2.19. The van der Waals surface area contributed by atoms with Crippen LogP contribution >= 0.6 is 11.6 Å². The number of rotatable bonds is 5. The standard InChI is InChI=1S/C20H32ClN5O/c1-15(26-9-10-27-14-16(26)2)12-23-20(22-3)24-18-7-8-25(13-18)19-6-4-5-17(21)11-19/h4-6,11,15-16,18H,7-10,12-14H2,1-3H3,(H2,22,23,24). The van der Waals surface area contributed by atoms with Gasteiger partial charge in [0.1, 0.15) is 0 Å². The summed E-state index contributed by atoms with van der Waals surface area (Å²) in [6, 6.07) is 9.36. The molecule has 0 saturated carbocycles. The summed E-state index contributed by atoms with van der Waals surface area (Å²) >= 11 is 6.13. The number of hydrogen-bond donors (Lipinski definition) is 2. The lowest BCUT2D eigenvalue weighted by atomic mass is 10.2. The van der Waals surface area contributed by atoms with Gasteiger partial charge < -0.3 is 20.3 Å². The first-order valence-electron chi connectivity index (χ1n) is 9.88. The van der Waals surface area contributed by atoms with Crippen LogP contribution in [-0.2, 0) is 4.74 Å². The first-order valence-corrected chi connectivity index (χ1v) is 10.3. The van der Waals surface area contributed by atoms with Crippen molar-refractivity contribution in [3.63, 3.8) is 0 Å². The molecule has 27 heavy (non-hydrogen) atoms. The second-order valence-electron chi connectivity index (χ2n) is 7.52. The quantitative estimate of drug-likeness (QED) is 0.593. The minimum atomic E-state index is 0.382. The maximum absolute atomic E-state index is 6.13. The summed E-state index contributed by atoms with van der Waals surface area (Å²) in [5, 5.41) is 7.85. The summed E-state index contributed by atoms with van der Waals surface area (Å²) in [5.41, 5.74) is 1.18. The number of morpholine rings is 1. The monoisotopic (exact) mass is 393 g/mol. The number of nitrogens with zero attached hydrogens (tertiary/aromatic N) is 3. The van der Waals surface area contributed by atoms with E-state index in [1.54, 1.807) is 0 Å². The molecule has 0 aromatic heterocycles. The van der Waals surface area contributed by atoms with Crippen molar-refractivity contribution < 1.29 is 4.74 Å². The van der Waals surface area contributed by atoms with Gasteiger partial charge in [-0.25, -0.2) is 0 Å². The summed E-state index contributed by atoms with van der Waals surface area (Å²) in [6.07, 6.45) is 1.09. The van der Waals surface area contributed by atoms with Crippen LogP contribution in [0.25, 0.3) is 0 Å². The molecule has 6 nitrogen and oxygen atoms in total. The molecule has 7 heteroatoms. The van der Waals surface area contributed by atoms with Crippen LogP contribution in [0.3, 0.4) is 0 Å². The Morgan fingerprint density at radius 3 is 3.00 bits per heavy atom. The van der Waals surface area contributed by atoms with E-state index >= 15 is 0 Å². The van der Waals surface area contributed by atoms with Gasteiger partial charge in [0, 0.05) is 62.1 Å². The Kier molecular flexibility index (Phi) is 7.21. The highest BCUT2D eigenvalue weighted by molar-refractivity contribution is 6.30. The van der Waals surface area contributed by atoms with Gasteiger partial charge >= 0.3 is 0 Å². The van der Waals surface area contributed by atoms with Crippen LogP contribution in [0.5, 0.6) is 0 Å². The van der Waals surface area contributed by atoms with Crippen LogP contribution in [-0.4, -0.2) is 75.4 Å². The zero-order valence-corrected chi connectivity index (χ0v) is 17.4. The molecular weight excluding hydrogens is 362 g/mol. The molecule has 2 saturated heterocycles. The van der Waals surface area contributed by atoms with Gasteiger partial charge in [0.15, 0.2) is 5.96 Å². The van der Waals surface area contributed by atoms with E-state index in [0.29, 0.717) is 18.1 Å². The molecule has 2 N–H and O–H groups in total. The molecule has 2 fully saturated rings. The first-order chi connectivity index (χ1) is 13.1. The van der Waals surface area contributed by atoms with Crippen LogP contribution in [0.4, 0.5) is 5.69 Å². The van der Waals surface area contributed by atoms with E-state index < -0.39 is 0 Å². The molecule has 1 aromatic carbocycles. The first kappa shape index (κ1) is 20.2. The van der Waals surface area contributed by atoms with Crippen molar-refractivity contribution in [1.29, 1.82) is 0 Å². The summed E-state index contributed by atoms with van der Waals surface area (Å²) in [5.74, 6) is 0.876. The Morgan fingerprint density at radius 2 is 2.26 bits per heavy atom. The number of anilines is 1. The highest BCUT2D eigenvalue weighted by atomic mass is 35.5. The highest BCUT2D eigenvalue weighted by Crippen LogP contribution is 2.23. The van der Waals surface area contributed by atoms with Crippen LogP contribution in [0.15, 0.2) is 29.3 Å². The number of ether oxygens (including phenoxy) is 1. The summed E-state index contributed by atoms with van der Waals surface area (Å²) < 4.78 is 5.54. The molecule has 3 unspecified atom stereocenters. The Hall–Kier alpha value is -1.50. The van der Waals surface area contributed by atoms with Crippen molar-refractivity contribution in [2.75, 3.05) is 51.3 Å². The fourth-order valence-corrected chi connectivity index (χ4v) is 4.11. The molecule has 0 aliphatic carbocycles. The Bertz CT molecular complexity index is 641. The SMILES string of the molecule is CN=C(NCC(C)N1CCOCC1C)NC1CCN(c2cccc(Cl)c2)C1. The number of halogens is 1. The average molecular weight is 394 g/mol. The van der Waals surface area contributed by atoms with E-state index in [1.165, 1.54) is 5.69 Å². The molecule has 2 aliphatic heterocycles. The molecule has 3 atom stereocenters. The van der Waals surface area contributed by atoms with E-state index in [-0.39, 0.29) is 0 Å². The molecule has 0 radical (unpaired) electrons. The third-order valence-electron chi connectivity index (χ3n) is 5.48. The van der Waals surface area contributed by atoms with Gasteiger partial charge in [-0.3, -0.25) is 9.89 Å². The van der Waals surface area contributed by atoms with Crippen LogP contribution in [0.1, 0.15) is 20.3 Å². The zero-order chi connectivity index (χ0) is 19.2. The van der Waals surface area contributed by atoms with Gasteiger partial charge in [-0.15, -0.1) is 0 Å². The minimum Gasteiger partial charge on any atom is -0.379 e. The van der Waals surface area contributed by atoms with Crippen molar-refractivity contribution in [2.45, 2.75) is 38.4 Å². The van der Waals surface area contributed by atoms with Crippen molar-refractivity contribution >= 4 is 23.2 Å². The topological polar surface area (TPSA) is 52.1 Å². The zero-order valence-electron chi connectivity index (χ0n) is 16.6. The van der Waals surface area contributed by atoms with Gasteiger partial charge in [-0.2, -0.15) is 0 Å². The molecule has 0 bridgehead atoms. The van der Waals surface area contributed by atoms with Gasteiger partial charge in [-0.05, 0) is 38.5 Å². The van der Waals surface area contributed by atoms with Gasteiger partial charge in [0.2, 0.25) is 0 Å². The third kappa shape index (κ3) is 5.50. The second-order valence-corrected chi connectivity index (χ2v) is 7.96. The molecule has 2 heterocycles. The van der Waals surface area contributed by atoms with E-state index in [1.807, 2.05) is 25.2 Å². The van der Waals surface area contributed by atoms with Crippen molar-refractivity contribution in [3.05, 3.63) is 29.3 Å². The van der Waals surface area contributed by atoms with Gasteiger partial charge in [0.25, 0.3) is 0 Å². The summed E-state index contributed by atoms with van der Waals surface area (Å²) in [4.78, 5) is 9.28.